The zero-order valence-corrected chi connectivity index (χ0v) is 11.7. The van der Waals surface area contributed by atoms with Crippen molar-refractivity contribution in [1.29, 1.82) is 5.26 Å². The zero-order valence-electron chi connectivity index (χ0n) is 10.2. The van der Waals surface area contributed by atoms with Crippen molar-refractivity contribution in [3.63, 3.8) is 0 Å². The highest BCUT2D eigenvalue weighted by Gasteiger charge is 2.15. The second-order valence-corrected chi connectivity index (χ2v) is 4.32. The highest BCUT2D eigenvalue weighted by molar-refractivity contribution is 6.37. The molecule has 0 fully saturated rings. The summed E-state index contributed by atoms with van der Waals surface area (Å²) in [4.78, 5) is 15.9. The molecular formula is C12H10Cl2N2O3. The van der Waals surface area contributed by atoms with Gasteiger partial charge in [0, 0.05) is 0 Å². The Morgan fingerprint density at radius 3 is 2.47 bits per heavy atom. The van der Waals surface area contributed by atoms with Gasteiger partial charge in [-0.2, -0.15) is 5.26 Å². The van der Waals surface area contributed by atoms with Gasteiger partial charge in [0.05, 0.1) is 27.4 Å². The van der Waals surface area contributed by atoms with E-state index in [1.54, 1.807) is 6.92 Å². The van der Waals surface area contributed by atoms with Crippen molar-refractivity contribution in [2.45, 2.75) is 20.3 Å². The maximum Gasteiger partial charge on any atom is 0.540 e. The molecule has 100 valence electrons. The minimum Gasteiger partial charge on any atom is -0.390 e. The van der Waals surface area contributed by atoms with E-state index in [-0.39, 0.29) is 21.4 Å². The number of hydrogen-bond acceptors (Lipinski definition) is 5. The lowest BCUT2D eigenvalue weighted by molar-refractivity contribution is 0.102. The largest absolute Gasteiger partial charge is 0.540 e. The van der Waals surface area contributed by atoms with E-state index in [2.05, 4.69) is 9.99 Å². The second-order valence-electron chi connectivity index (χ2n) is 3.50. The Bertz CT molecular complexity index is 542. The van der Waals surface area contributed by atoms with Crippen LogP contribution in [0.5, 0.6) is 5.75 Å². The molecule has 0 heterocycles. The van der Waals surface area contributed by atoms with Crippen LogP contribution in [-0.4, -0.2) is 11.9 Å². The number of carbonyl (C=O) groups excluding carboxylic acids is 1. The first-order valence-corrected chi connectivity index (χ1v) is 6.05. The van der Waals surface area contributed by atoms with Crippen LogP contribution < -0.4 is 4.74 Å². The van der Waals surface area contributed by atoms with Crippen LogP contribution in [-0.2, 0) is 4.84 Å². The number of rotatable bonds is 3. The summed E-state index contributed by atoms with van der Waals surface area (Å²) in [6.45, 7) is 3.57. The van der Waals surface area contributed by atoms with Crippen molar-refractivity contribution in [2.75, 3.05) is 0 Å². The molecule has 0 bridgehead atoms. The first-order valence-electron chi connectivity index (χ1n) is 5.29. The Kier molecular flexibility index (Phi) is 5.61. The lowest BCUT2D eigenvalue weighted by Gasteiger charge is -2.06. The smallest absolute Gasteiger partial charge is 0.390 e. The summed E-state index contributed by atoms with van der Waals surface area (Å²) >= 11 is 11.7. The van der Waals surface area contributed by atoms with Crippen molar-refractivity contribution in [1.82, 2.24) is 0 Å². The summed E-state index contributed by atoms with van der Waals surface area (Å²) in [5.41, 5.74) is 0.893. The molecule has 0 unspecified atom stereocenters. The van der Waals surface area contributed by atoms with Crippen molar-refractivity contribution >= 4 is 35.1 Å². The third-order valence-corrected chi connectivity index (χ3v) is 2.66. The topological polar surface area (TPSA) is 71.7 Å². The fourth-order valence-corrected chi connectivity index (χ4v) is 1.57. The number of benzene rings is 1. The molecule has 0 amide bonds. The first-order chi connectivity index (χ1) is 8.97. The van der Waals surface area contributed by atoms with Gasteiger partial charge >= 0.3 is 6.16 Å². The van der Waals surface area contributed by atoms with Gasteiger partial charge in [0.1, 0.15) is 0 Å². The lowest BCUT2D eigenvalue weighted by atomic mass is 10.2. The van der Waals surface area contributed by atoms with E-state index in [1.165, 1.54) is 12.1 Å². The molecule has 0 aliphatic heterocycles. The van der Waals surface area contributed by atoms with Gasteiger partial charge in [0.25, 0.3) is 0 Å². The van der Waals surface area contributed by atoms with Crippen molar-refractivity contribution in [3.8, 4) is 11.8 Å². The summed E-state index contributed by atoms with van der Waals surface area (Å²) in [5, 5.41) is 12.3. The average molecular weight is 301 g/mol. The first kappa shape index (κ1) is 15.3. The Balaban J connectivity index is 2.84. The fourth-order valence-electron chi connectivity index (χ4n) is 1.00. The summed E-state index contributed by atoms with van der Waals surface area (Å²) in [6.07, 6.45) is -0.410. The maximum atomic E-state index is 11.4. The summed E-state index contributed by atoms with van der Waals surface area (Å²) < 4.78 is 4.83. The monoisotopic (exact) mass is 300 g/mol. The Hall–Kier alpha value is -1.77. The molecule has 5 nitrogen and oxygen atoms in total. The number of nitrogens with zero attached hydrogens (tertiary/aromatic N) is 2. The summed E-state index contributed by atoms with van der Waals surface area (Å²) in [5.74, 6) is -0.0725. The number of oxime groups is 1. The van der Waals surface area contributed by atoms with Crippen LogP contribution in [0.3, 0.4) is 0 Å². The predicted octanol–water partition coefficient (Wildman–Crippen LogP) is 4.17. The van der Waals surface area contributed by atoms with Crippen LogP contribution in [0.15, 0.2) is 17.3 Å². The van der Waals surface area contributed by atoms with Gasteiger partial charge in [-0.15, -0.1) is 0 Å². The molecule has 19 heavy (non-hydrogen) atoms. The molecule has 0 spiro atoms. The maximum absolute atomic E-state index is 11.4. The molecule has 1 aromatic carbocycles. The van der Waals surface area contributed by atoms with Gasteiger partial charge in [-0.1, -0.05) is 35.3 Å². The lowest BCUT2D eigenvalue weighted by Crippen LogP contribution is -2.09. The SMILES string of the molecule is CCC(C)=NOC(=O)Oc1c(Cl)cc(C#N)cc1Cl. The van der Waals surface area contributed by atoms with Crippen LogP contribution in [0.1, 0.15) is 25.8 Å². The van der Waals surface area contributed by atoms with Gasteiger partial charge in [0.2, 0.25) is 0 Å². The minimum absolute atomic E-state index is 0.0391. The normalized spacial score (nSPS) is 10.8. The van der Waals surface area contributed by atoms with Gasteiger partial charge in [0.15, 0.2) is 5.75 Å². The van der Waals surface area contributed by atoms with Gasteiger partial charge in [-0.05, 0) is 25.5 Å². The van der Waals surface area contributed by atoms with Crippen LogP contribution in [0, 0.1) is 11.3 Å². The van der Waals surface area contributed by atoms with E-state index in [4.69, 9.17) is 33.2 Å². The standard InChI is InChI=1S/C12H10Cl2N2O3/c1-3-7(2)16-19-12(17)18-11-9(13)4-8(6-15)5-10(11)14/h4-5H,3H2,1-2H3. The Morgan fingerprint density at radius 1 is 1.42 bits per heavy atom. The second kappa shape index (κ2) is 6.98. The number of halogens is 2. The molecule has 0 radical (unpaired) electrons. The quantitative estimate of drug-likeness (QED) is 0.276. The molecule has 0 atom stereocenters. The number of ether oxygens (including phenoxy) is 1. The van der Waals surface area contributed by atoms with Crippen LogP contribution in [0.4, 0.5) is 4.79 Å². The predicted molar refractivity (Wildman–Crippen MR) is 71.7 cm³/mol. The molecule has 7 heteroatoms. The van der Waals surface area contributed by atoms with E-state index in [0.717, 1.165) is 0 Å². The van der Waals surface area contributed by atoms with Crippen molar-refractivity contribution in [3.05, 3.63) is 27.7 Å². The van der Waals surface area contributed by atoms with Gasteiger partial charge in [-0.25, -0.2) is 4.79 Å². The highest BCUT2D eigenvalue weighted by atomic mass is 35.5. The molecule has 1 aromatic rings. The molecule has 0 N–H and O–H groups in total. The Labute approximate surface area is 120 Å². The molecule has 0 aliphatic rings. The van der Waals surface area contributed by atoms with Crippen LogP contribution in [0.25, 0.3) is 0 Å². The zero-order chi connectivity index (χ0) is 14.4. The summed E-state index contributed by atoms with van der Waals surface area (Å²) in [7, 11) is 0. The number of nitriles is 1. The highest BCUT2D eigenvalue weighted by Crippen LogP contribution is 2.34. The van der Waals surface area contributed by atoms with Crippen molar-refractivity contribution < 1.29 is 14.4 Å². The van der Waals surface area contributed by atoms with E-state index in [1.807, 2.05) is 13.0 Å². The summed E-state index contributed by atoms with van der Waals surface area (Å²) in [6, 6.07) is 4.53. The number of carbonyl (C=O) groups is 1. The average Bonchev–Trinajstić information content (AvgIpc) is 2.39. The third kappa shape index (κ3) is 4.43. The Morgan fingerprint density at radius 2 is 2.00 bits per heavy atom. The minimum atomic E-state index is -1.05. The molecular weight excluding hydrogens is 291 g/mol. The molecule has 0 aromatic heterocycles. The van der Waals surface area contributed by atoms with E-state index < -0.39 is 6.16 Å². The molecule has 0 saturated heterocycles. The number of hydrogen-bond donors (Lipinski definition) is 0. The molecule has 0 saturated carbocycles. The van der Waals surface area contributed by atoms with Crippen molar-refractivity contribution in [2.24, 2.45) is 5.16 Å². The van der Waals surface area contributed by atoms with E-state index in [9.17, 15) is 4.79 Å². The van der Waals surface area contributed by atoms with Crippen LogP contribution >= 0.6 is 23.2 Å². The van der Waals surface area contributed by atoms with E-state index in [0.29, 0.717) is 12.1 Å². The van der Waals surface area contributed by atoms with Gasteiger partial charge in [-0.3, -0.25) is 4.84 Å². The fraction of sp³-hybridized carbons (Fsp3) is 0.250. The molecule has 0 aliphatic carbocycles. The van der Waals surface area contributed by atoms with E-state index >= 15 is 0 Å². The molecule has 1 rings (SSSR count). The third-order valence-electron chi connectivity index (χ3n) is 2.10. The van der Waals surface area contributed by atoms with Gasteiger partial charge < -0.3 is 4.74 Å². The van der Waals surface area contributed by atoms with Crippen LogP contribution in [0.2, 0.25) is 10.0 Å².